The number of carbonyl (C=O) groups excluding carboxylic acids is 1. The van der Waals surface area contributed by atoms with E-state index in [0.717, 1.165) is 42.4 Å². The second-order valence-corrected chi connectivity index (χ2v) is 7.41. The molecule has 0 unspecified atom stereocenters. The van der Waals surface area contributed by atoms with Crippen molar-refractivity contribution in [1.82, 2.24) is 4.90 Å². The van der Waals surface area contributed by atoms with Crippen LogP contribution in [0.1, 0.15) is 11.1 Å². The van der Waals surface area contributed by atoms with E-state index in [9.17, 15) is 14.9 Å². The van der Waals surface area contributed by atoms with E-state index in [1.165, 1.54) is 18.2 Å². The first kappa shape index (κ1) is 19.1. The highest BCUT2D eigenvalue weighted by molar-refractivity contribution is 7.99. The maximum atomic E-state index is 12.3. The van der Waals surface area contributed by atoms with Crippen LogP contribution in [-0.2, 0) is 11.3 Å². The summed E-state index contributed by atoms with van der Waals surface area (Å²) < 4.78 is 0. The van der Waals surface area contributed by atoms with Gasteiger partial charge in [-0.05, 0) is 23.8 Å². The second-order valence-electron chi connectivity index (χ2n) is 6.18. The third-order valence-corrected chi connectivity index (χ3v) is 5.26. The lowest BCUT2D eigenvalue weighted by molar-refractivity contribution is -0.385. The summed E-state index contributed by atoms with van der Waals surface area (Å²) in [7, 11) is 0. The molecule has 1 aliphatic rings. The number of amides is 1. The molecule has 2 aromatic rings. The van der Waals surface area contributed by atoms with Gasteiger partial charge in [0.1, 0.15) is 0 Å². The van der Waals surface area contributed by atoms with E-state index in [2.05, 4.69) is 10.2 Å². The topological polar surface area (TPSA) is 75.5 Å². The number of nitrogens with zero attached hydrogens (tertiary/aromatic N) is 2. The molecule has 1 fully saturated rings. The van der Waals surface area contributed by atoms with Gasteiger partial charge in [0.25, 0.3) is 5.69 Å². The van der Waals surface area contributed by atoms with Crippen molar-refractivity contribution in [2.24, 2.45) is 0 Å². The van der Waals surface area contributed by atoms with Crippen LogP contribution in [0.2, 0.25) is 0 Å². The molecular formula is C20H21N3O3S. The second kappa shape index (κ2) is 9.34. The van der Waals surface area contributed by atoms with E-state index in [0.29, 0.717) is 5.56 Å². The Balaban J connectivity index is 1.68. The maximum absolute atomic E-state index is 12.3. The Morgan fingerprint density at radius 3 is 2.63 bits per heavy atom. The number of hydrogen-bond donors (Lipinski definition) is 1. The first-order valence-corrected chi connectivity index (χ1v) is 9.89. The monoisotopic (exact) mass is 383 g/mol. The van der Waals surface area contributed by atoms with Gasteiger partial charge in [-0.15, -0.1) is 0 Å². The Bertz CT molecular complexity index is 848. The average molecular weight is 383 g/mol. The van der Waals surface area contributed by atoms with Crippen LogP contribution in [0.3, 0.4) is 0 Å². The Labute approximate surface area is 162 Å². The molecule has 1 aliphatic heterocycles. The Hall–Kier alpha value is -2.64. The van der Waals surface area contributed by atoms with E-state index >= 15 is 0 Å². The van der Waals surface area contributed by atoms with Gasteiger partial charge >= 0.3 is 0 Å². The van der Waals surface area contributed by atoms with Crippen LogP contribution in [0.4, 0.5) is 11.4 Å². The van der Waals surface area contributed by atoms with E-state index in [1.54, 1.807) is 18.2 Å². The van der Waals surface area contributed by atoms with Crippen molar-refractivity contribution in [1.29, 1.82) is 0 Å². The molecule has 6 nitrogen and oxygen atoms in total. The van der Waals surface area contributed by atoms with Crippen LogP contribution >= 0.6 is 11.8 Å². The Morgan fingerprint density at radius 2 is 1.85 bits per heavy atom. The van der Waals surface area contributed by atoms with Crippen LogP contribution in [0.5, 0.6) is 0 Å². The molecule has 7 heteroatoms. The van der Waals surface area contributed by atoms with Crippen molar-refractivity contribution in [2.45, 2.75) is 6.54 Å². The first-order chi connectivity index (χ1) is 13.1. The molecule has 3 rings (SSSR count). The lowest BCUT2D eigenvalue weighted by Gasteiger charge is -2.27. The number of nitro groups is 1. The molecule has 1 saturated heterocycles. The molecule has 27 heavy (non-hydrogen) atoms. The van der Waals surface area contributed by atoms with Gasteiger partial charge in [-0.1, -0.05) is 30.3 Å². The molecule has 1 heterocycles. The quantitative estimate of drug-likeness (QED) is 0.467. The first-order valence-electron chi connectivity index (χ1n) is 8.74. The minimum absolute atomic E-state index is 0.0232. The third-order valence-electron chi connectivity index (χ3n) is 4.32. The fraction of sp³-hybridized carbons (Fsp3) is 0.250. The molecule has 1 N–H and O–H groups in total. The van der Waals surface area contributed by atoms with Crippen molar-refractivity contribution in [3.05, 3.63) is 75.8 Å². The summed E-state index contributed by atoms with van der Waals surface area (Å²) in [5.74, 6) is 1.95. The van der Waals surface area contributed by atoms with Crippen LogP contribution in [0.15, 0.2) is 54.6 Å². The largest absolute Gasteiger partial charge is 0.322 e. The lowest BCUT2D eigenvalue weighted by atomic mass is 10.1. The van der Waals surface area contributed by atoms with Gasteiger partial charge in [0.05, 0.1) is 10.5 Å². The SMILES string of the molecule is O=C(/C=C/c1ccccc1[N+](=O)[O-])Nc1ccccc1CN1CCSCC1. The Morgan fingerprint density at radius 1 is 1.15 bits per heavy atom. The zero-order chi connectivity index (χ0) is 19.1. The lowest BCUT2D eigenvalue weighted by Crippen LogP contribution is -2.32. The molecule has 0 atom stereocenters. The third kappa shape index (κ3) is 5.42. The molecule has 140 valence electrons. The highest BCUT2D eigenvalue weighted by Crippen LogP contribution is 2.21. The number of nitrogens with one attached hydrogen (secondary N) is 1. The summed E-state index contributed by atoms with van der Waals surface area (Å²) in [6, 6.07) is 14.1. The van der Waals surface area contributed by atoms with Gasteiger partial charge < -0.3 is 5.32 Å². The van der Waals surface area contributed by atoms with Gasteiger partial charge in [-0.25, -0.2) is 0 Å². The van der Waals surface area contributed by atoms with Crippen molar-refractivity contribution in [2.75, 3.05) is 29.9 Å². The van der Waals surface area contributed by atoms with Gasteiger partial charge in [-0.3, -0.25) is 19.8 Å². The fourth-order valence-corrected chi connectivity index (χ4v) is 3.89. The van der Waals surface area contributed by atoms with Crippen molar-refractivity contribution < 1.29 is 9.72 Å². The smallest absolute Gasteiger partial charge is 0.276 e. The molecule has 0 aromatic heterocycles. The van der Waals surface area contributed by atoms with Crippen molar-refractivity contribution in [3.8, 4) is 0 Å². The maximum Gasteiger partial charge on any atom is 0.276 e. The fourth-order valence-electron chi connectivity index (χ4n) is 2.91. The van der Waals surface area contributed by atoms with Crippen molar-refractivity contribution in [3.63, 3.8) is 0 Å². The standard InChI is InChI=1S/C20H21N3O3S/c24-20(10-9-16-5-2-4-8-19(16)23(25)26)21-18-7-3-1-6-17(18)15-22-11-13-27-14-12-22/h1-10H,11-15H2,(H,21,24)/b10-9+. The zero-order valence-corrected chi connectivity index (χ0v) is 15.7. The summed E-state index contributed by atoms with van der Waals surface area (Å²) in [5.41, 5.74) is 2.21. The summed E-state index contributed by atoms with van der Waals surface area (Å²) in [6.45, 7) is 2.89. The molecule has 1 amide bonds. The van der Waals surface area contributed by atoms with Gasteiger partial charge in [0.15, 0.2) is 0 Å². The summed E-state index contributed by atoms with van der Waals surface area (Å²) in [6.07, 6.45) is 2.80. The van der Waals surface area contributed by atoms with Crippen LogP contribution in [-0.4, -0.2) is 40.3 Å². The molecule has 2 aromatic carbocycles. The molecule has 0 bridgehead atoms. The highest BCUT2D eigenvalue weighted by atomic mass is 32.2. The van der Waals surface area contributed by atoms with Crippen LogP contribution in [0.25, 0.3) is 6.08 Å². The number of carbonyl (C=O) groups is 1. The molecule has 0 saturated carbocycles. The van der Waals surface area contributed by atoms with Gasteiger partial charge in [0, 0.05) is 49.0 Å². The van der Waals surface area contributed by atoms with Gasteiger partial charge in [0.2, 0.25) is 5.91 Å². The zero-order valence-electron chi connectivity index (χ0n) is 14.8. The number of nitro benzene ring substituents is 1. The number of rotatable bonds is 6. The predicted octanol–water partition coefficient (Wildman–Crippen LogP) is 3.80. The number of para-hydroxylation sites is 2. The minimum Gasteiger partial charge on any atom is -0.322 e. The van der Waals surface area contributed by atoms with E-state index in [1.807, 2.05) is 36.0 Å². The number of hydrogen-bond acceptors (Lipinski definition) is 5. The Kier molecular flexibility index (Phi) is 6.62. The molecule has 0 aliphatic carbocycles. The summed E-state index contributed by atoms with van der Waals surface area (Å²) in [5, 5.41) is 13.9. The van der Waals surface area contributed by atoms with E-state index in [4.69, 9.17) is 0 Å². The van der Waals surface area contributed by atoms with Gasteiger partial charge in [-0.2, -0.15) is 11.8 Å². The molecular weight excluding hydrogens is 362 g/mol. The number of benzene rings is 2. The van der Waals surface area contributed by atoms with E-state index < -0.39 is 4.92 Å². The summed E-state index contributed by atoms with van der Waals surface area (Å²) >= 11 is 1.96. The average Bonchev–Trinajstić information content (AvgIpc) is 2.69. The van der Waals surface area contributed by atoms with Crippen LogP contribution < -0.4 is 5.32 Å². The normalized spacial score (nSPS) is 15.0. The van der Waals surface area contributed by atoms with E-state index in [-0.39, 0.29) is 11.6 Å². The molecule has 0 radical (unpaired) electrons. The predicted molar refractivity (Wildman–Crippen MR) is 110 cm³/mol. The number of thioether (sulfide) groups is 1. The number of anilines is 1. The molecule has 0 spiro atoms. The summed E-state index contributed by atoms with van der Waals surface area (Å²) in [4.78, 5) is 25.3. The highest BCUT2D eigenvalue weighted by Gasteiger charge is 2.14. The van der Waals surface area contributed by atoms with Crippen molar-refractivity contribution >= 4 is 35.1 Å². The van der Waals surface area contributed by atoms with Crippen LogP contribution in [0, 0.1) is 10.1 Å². The minimum atomic E-state index is -0.455.